The van der Waals surface area contributed by atoms with Crippen LogP contribution >= 0.6 is 34.8 Å². The van der Waals surface area contributed by atoms with E-state index in [1.807, 2.05) is 26.0 Å². The lowest BCUT2D eigenvalue weighted by atomic mass is 9.78. The van der Waals surface area contributed by atoms with Crippen molar-refractivity contribution in [2.24, 2.45) is 0 Å². The summed E-state index contributed by atoms with van der Waals surface area (Å²) < 4.78 is 34.1. The number of benzene rings is 2. The molecule has 0 aliphatic rings. The first-order valence-corrected chi connectivity index (χ1v) is 12.1. The molecule has 2 rings (SSSR count). The molecular weight excluding hydrogens is 522 g/mol. The smallest absolute Gasteiger partial charge is 0.303 e. The summed E-state index contributed by atoms with van der Waals surface area (Å²) in [6, 6.07) is 10.8. The van der Waals surface area contributed by atoms with Crippen molar-refractivity contribution < 1.29 is 32.9 Å². The predicted molar refractivity (Wildman–Crippen MR) is 134 cm³/mol. The standard InChI is InChI=1S/C25H28Cl3FO6/c1-15(30)34-20(11-26)13-33-24-22(27)9-18(10-23(24)28)25(3,4)17-5-7-19(8-6-17)32-14-21(12-29)35-16(2)31/h5-10,20-21H,11-14H2,1-4H3/t20-,21-/m1/s1. The molecule has 0 spiro atoms. The van der Waals surface area contributed by atoms with Gasteiger partial charge >= 0.3 is 11.9 Å². The van der Waals surface area contributed by atoms with Crippen molar-refractivity contribution in [2.45, 2.75) is 45.3 Å². The Morgan fingerprint density at radius 1 is 0.886 bits per heavy atom. The number of rotatable bonds is 12. The van der Waals surface area contributed by atoms with Gasteiger partial charge in [0.1, 0.15) is 31.7 Å². The first-order chi connectivity index (χ1) is 16.5. The number of halogens is 4. The monoisotopic (exact) mass is 548 g/mol. The maximum absolute atomic E-state index is 13.0. The van der Waals surface area contributed by atoms with Crippen LogP contribution in [0.15, 0.2) is 36.4 Å². The highest BCUT2D eigenvalue weighted by Gasteiger charge is 2.26. The van der Waals surface area contributed by atoms with Crippen LogP contribution in [0.1, 0.15) is 38.8 Å². The highest BCUT2D eigenvalue weighted by Crippen LogP contribution is 2.40. The van der Waals surface area contributed by atoms with Crippen molar-refractivity contribution in [3.05, 3.63) is 57.6 Å². The Morgan fingerprint density at radius 3 is 1.89 bits per heavy atom. The largest absolute Gasteiger partial charge is 0.490 e. The molecule has 2 atom stereocenters. The van der Waals surface area contributed by atoms with Crippen molar-refractivity contribution in [2.75, 3.05) is 25.8 Å². The molecule has 0 unspecified atom stereocenters. The summed E-state index contributed by atoms with van der Waals surface area (Å²) in [6.07, 6.45) is -1.59. The minimum Gasteiger partial charge on any atom is -0.490 e. The molecule has 6 nitrogen and oxygen atoms in total. The van der Waals surface area contributed by atoms with Gasteiger partial charge in [-0.2, -0.15) is 0 Å². The van der Waals surface area contributed by atoms with E-state index >= 15 is 0 Å². The van der Waals surface area contributed by atoms with Gasteiger partial charge in [0.2, 0.25) is 0 Å². The normalized spacial score (nSPS) is 13.0. The lowest BCUT2D eigenvalue weighted by molar-refractivity contribution is -0.149. The van der Waals surface area contributed by atoms with Crippen LogP contribution in [-0.4, -0.2) is 49.9 Å². The second-order valence-electron chi connectivity index (χ2n) is 8.31. The van der Waals surface area contributed by atoms with Crippen LogP contribution in [0.3, 0.4) is 0 Å². The number of carbonyl (C=O) groups is 2. The van der Waals surface area contributed by atoms with Crippen molar-refractivity contribution in [1.29, 1.82) is 0 Å². The van der Waals surface area contributed by atoms with E-state index < -0.39 is 36.2 Å². The fraction of sp³-hybridized carbons (Fsp3) is 0.440. The molecule has 0 heterocycles. The Hall–Kier alpha value is -2.22. The van der Waals surface area contributed by atoms with E-state index in [9.17, 15) is 14.0 Å². The highest BCUT2D eigenvalue weighted by atomic mass is 35.5. The van der Waals surface area contributed by atoms with Crippen LogP contribution in [-0.2, 0) is 24.5 Å². The molecule has 2 aromatic carbocycles. The van der Waals surface area contributed by atoms with Gasteiger partial charge in [0.25, 0.3) is 0 Å². The number of carbonyl (C=O) groups excluding carboxylic acids is 2. The summed E-state index contributed by atoms with van der Waals surface area (Å²) in [5.41, 5.74) is 1.31. The lowest BCUT2D eigenvalue weighted by Gasteiger charge is -2.27. The van der Waals surface area contributed by atoms with Gasteiger partial charge in [-0.3, -0.25) is 9.59 Å². The highest BCUT2D eigenvalue weighted by molar-refractivity contribution is 6.37. The van der Waals surface area contributed by atoms with E-state index in [4.69, 9.17) is 53.8 Å². The third-order valence-corrected chi connectivity index (χ3v) is 6.06. The van der Waals surface area contributed by atoms with Crippen LogP contribution in [0.4, 0.5) is 4.39 Å². The van der Waals surface area contributed by atoms with Crippen molar-refractivity contribution >= 4 is 46.7 Å². The summed E-state index contributed by atoms with van der Waals surface area (Å²) in [5, 5.41) is 0.610. The van der Waals surface area contributed by atoms with Gasteiger partial charge in [-0.25, -0.2) is 4.39 Å². The number of esters is 2. The SMILES string of the molecule is CC(=O)O[C@H](CF)COc1ccc(C(C)(C)c2cc(Cl)c(OC[C@@H](CCl)OC(C)=O)c(Cl)c2)cc1. The van der Waals surface area contributed by atoms with Gasteiger partial charge in [-0.1, -0.05) is 49.2 Å². The third kappa shape index (κ3) is 8.44. The maximum atomic E-state index is 13.0. The van der Waals surface area contributed by atoms with Crippen molar-refractivity contribution in [1.82, 2.24) is 0 Å². The molecule has 0 saturated carbocycles. The van der Waals surface area contributed by atoms with E-state index in [1.54, 1.807) is 24.3 Å². The number of hydrogen-bond acceptors (Lipinski definition) is 6. The van der Waals surface area contributed by atoms with E-state index in [0.29, 0.717) is 15.8 Å². The third-order valence-electron chi connectivity index (χ3n) is 5.15. The number of hydrogen-bond donors (Lipinski definition) is 0. The quantitative estimate of drug-likeness (QED) is 0.234. The molecule has 0 aromatic heterocycles. The van der Waals surface area contributed by atoms with Crippen LogP contribution in [0, 0.1) is 0 Å². The molecule has 2 aromatic rings. The molecule has 0 radical (unpaired) electrons. The van der Waals surface area contributed by atoms with Gasteiger partial charge in [0.05, 0.1) is 15.9 Å². The topological polar surface area (TPSA) is 71.1 Å². The Balaban J connectivity index is 2.14. The second kappa shape index (κ2) is 13.2. The zero-order valence-corrected chi connectivity index (χ0v) is 22.2. The molecule has 0 fully saturated rings. The Morgan fingerprint density at radius 2 is 1.40 bits per heavy atom. The second-order valence-corrected chi connectivity index (χ2v) is 9.43. The molecule has 10 heteroatoms. The average Bonchev–Trinajstić information content (AvgIpc) is 2.80. The summed E-state index contributed by atoms with van der Waals surface area (Å²) >= 11 is 18.8. The van der Waals surface area contributed by atoms with E-state index in [1.165, 1.54) is 13.8 Å². The van der Waals surface area contributed by atoms with Crippen molar-refractivity contribution in [3.8, 4) is 11.5 Å². The summed E-state index contributed by atoms with van der Waals surface area (Å²) in [7, 11) is 0. The van der Waals surface area contributed by atoms with Crippen LogP contribution in [0.25, 0.3) is 0 Å². The average molecular weight is 550 g/mol. The molecule has 0 aliphatic carbocycles. The molecule has 0 amide bonds. The van der Waals surface area contributed by atoms with Crippen LogP contribution in [0.5, 0.6) is 11.5 Å². The van der Waals surface area contributed by atoms with Gasteiger partial charge < -0.3 is 18.9 Å². The molecule has 0 bridgehead atoms. The summed E-state index contributed by atoms with van der Waals surface area (Å²) in [5.74, 6) is -0.176. The van der Waals surface area contributed by atoms with Gasteiger partial charge in [0, 0.05) is 19.3 Å². The Bertz CT molecular complexity index is 990. The minimum atomic E-state index is -0.956. The maximum Gasteiger partial charge on any atom is 0.303 e. The summed E-state index contributed by atoms with van der Waals surface area (Å²) in [4.78, 5) is 22.2. The molecule has 0 saturated heterocycles. The minimum absolute atomic E-state index is 0.00738. The first-order valence-electron chi connectivity index (χ1n) is 10.8. The zero-order chi connectivity index (χ0) is 26.2. The molecule has 0 aliphatic heterocycles. The molecule has 0 N–H and O–H groups in total. The molecular formula is C25H28Cl3FO6. The van der Waals surface area contributed by atoms with Gasteiger partial charge in [-0.05, 0) is 35.4 Å². The fourth-order valence-corrected chi connectivity index (χ4v) is 4.00. The van der Waals surface area contributed by atoms with Gasteiger partial charge in [0.15, 0.2) is 11.9 Å². The van der Waals surface area contributed by atoms with E-state index in [0.717, 1.165) is 11.1 Å². The van der Waals surface area contributed by atoms with Gasteiger partial charge in [-0.15, -0.1) is 11.6 Å². The zero-order valence-electron chi connectivity index (χ0n) is 19.9. The summed E-state index contributed by atoms with van der Waals surface area (Å²) in [6.45, 7) is 5.61. The molecule has 192 valence electrons. The first kappa shape index (κ1) is 29.0. The number of alkyl halides is 2. The fourth-order valence-electron chi connectivity index (χ4n) is 3.25. The van der Waals surface area contributed by atoms with Crippen LogP contribution in [0.2, 0.25) is 10.0 Å². The lowest BCUT2D eigenvalue weighted by Crippen LogP contribution is -2.26. The predicted octanol–water partition coefficient (Wildman–Crippen LogP) is 6.15. The van der Waals surface area contributed by atoms with Crippen LogP contribution < -0.4 is 9.47 Å². The van der Waals surface area contributed by atoms with Crippen molar-refractivity contribution in [3.63, 3.8) is 0 Å². The van der Waals surface area contributed by atoms with E-state index in [2.05, 4.69) is 0 Å². The number of ether oxygens (including phenoxy) is 4. The molecule has 35 heavy (non-hydrogen) atoms. The Labute approximate surface area is 219 Å². The Kier molecular flexibility index (Phi) is 10.9. The van der Waals surface area contributed by atoms with E-state index in [-0.39, 0.29) is 24.8 Å².